The number of carbonyl (C=O) groups excluding carboxylic acids is 1. The number of hydrogen-bond acceptors (Lipinski definition) is 3. The summed E-state index contributed by atoms with van der Waals surface area (Å²) in [5.41, 5.74) is 3.04. The average Bonchev–Trinajstić information content (AvgIpc) is 3.07. The number of aromatic amines is 1. The predicted octanol–water partition coefficient (Wildman–Crippen LogP) is 3.62. The van der Waals surface area contributed by atoms with Crippen LogP contribution < -0.4 is 4.74 Å². The Kier molecular flexibility index (Phi) is 4.14. The molecule has 0 saturated carbocycles. The van der Waals surface area contributed by atoms with E-state index >= 15 is 0 Å². The average molecular weight is 335 g/mol. The van der Waals surface area contributed by atoms with Crippen LogP contribution >= 0.6 is 0 Å². The molecule has 2 aromatic carbocycles. The number of amides is 1. The van der Waals surface area contributed by atoms with E-state index in [-0.39, 0.29) is 12.0 Å². The molecular formula is C20H21N3O2. The third-order valence-electron chi connectivity index (χ3n) is 4.71. The smallest absolute Gasteiger partial charge is 0.219 e. The van der Waals surface area contributed by atoms with Gasteiger partial charge < -0.3 is 14.6 Å². The third kappa shape index (κ3) is 3.36. The molecule has 3 aromatic rings. The maximum absolute atomic E-state index is 11.4. The number of rotatable bonds is 3. The molecule has 1 aliphatic rings. The van der Waals surface area contributed by atoms with Gasteiger partial charge in [-0.25, -0.2) is 4.98 Å². The van der Waals surface area contributed by atoms with E-state index in [2.05, 4.69) is 9.97 Å². The van der Waals surface area contributed by atoms with Crippen molar-refractivity contribution < 1.29 is 9.53 Å². The van der Waals surface area contributed by atoms with Crippen LogP contribution in [0.1, 0.15) is 19.8 Å². The van der Waals surface area contributed by atoms with Crippen molar-refractivity contribution >= 4 is 16.9 Å². The number of carbonyl (C=O) groups is 1. The maximum atomic E-state index is 11.4. The molecule has 5 heteroatoms. The molecule has 0 spiro atoms. The number of hydrogen-bond donors (Lipinski definition) is 1. The van der Waals surface area contributed by atoms with Crippen LogP contribution in [0.2, 0.25) is 0 Å². The van der Waals surface area contributed by atoms with Crippen LogP contribution in [0.4, 0.5) is 0 Å². The lowest BCUT2D eigenvalue weighted by atomic mass is 10.1. The van der Waals surface area contributed by atoms with Gasteiger partial charge in [0.05, 0.1) is 11.0 Å². The van der Waals surface area contributed by atoms with Gasteiger partial charge in [0.1, 0.15) is 17.7 Å². The quantitative estimate of drug-likeness (QED) is 0.795. The van der Waals surface area contributed by atoms with E-state index in [1.165, 1.54) is 0 Å². The first kappa shape index (κ1) is 15.7. The minimum atomic E-state index is 0.147. The maximum Gasteiger partial charge on any atom is 0.219 e. The number of ether oxygens (including phenoxy) is 1. The second-order valence-corrected chi connectivity index (χ2v) is 6.45. The normalized spacial score (nSPS) is 15.5. The van der Waals surface area contributed by atoms with Crippen molar-refractivity contribution in [1.82, 2.24) is 14.9 Å². The Bertz CT molecular complexity index is 844. The molecule has 2 heterocycles. The number of nitrogens with one attached hydrogen (secondary N) is 1. The summed E-state index contributed by atoms with van der Waals surface area (Å²) < 4.78 is 6.06. The zero-order valence-corrected chi connectivity index (χ0v) is 14.2. The largest absolute Gasteiger partial charge is 0.490 e. The van der Waals surface area contributed by atoms with Gasteiger partial charge in [0.15, 0.2) is 0 Å². The van der Waals surface area contributed by atoms with Gasteiger partial charge in [-0.05, 0) is 36.4 Å². The van der Waals surface area contributed by atoms with E-state index in [4.69, 9.17) is 4.74 Å². The highest BCUT2D eigenvalue weighted by molar-refractivity contribution is 5.79. The molecular weight excluding hydrogens is 314 g/mol. The van der Waals surface area contributed by atoms with E-state index in [0.29, 0.717) is 0 Å². The lowest BCUT2D eigenvalue weighted by molar-refractivity contribution is -0.130. The van der Waals surface area contributed by atoms with Gasteiger partial charge in [-0.3, -0.25) is 4.79 Å². The number of aromatic nitrogens is 2. The van der Waals surface area contributed by atoms with Crippen LogP contribution in [0.3, 0.4) is 0 Å². The summed E-state index contributed by atoms with van der Waals surface area (Å²) in [5.74, 6) is 1.87. The van der Waals surface area contributed by atoms with Crippen LogP contribution in [0.25, 0.3) is 22.4 Å². The van der Waals surface area contributed by atoms with Crippen molar-refractivity contribution in [3.63, 3.8) is 0 Å². The fourth-order valence-corrected chi connectivity index (χ4v) is 3.26. The number of para-hydroxylation sites is 2. The van der Waals surface area contributed by atoms with Crippen LogP contribution in [0.5, 0.6) is 5.75 Å². The highest BCUT2D eigenvalue weighted by Crippen LogP contribution is 2.24. The molecule has 1 aromatic heterocycles. The molecule has 128 valence electrons. The molecule has 0 unspecified atom stereocenters. The minimum absolute atomic E-state index is 0.147. The summed E-state index contributed by atoms with van der Waals surface area (Å²) in [7, 11) is 0. The monoisotopic (exact) mass is 335 g/mol. The van der Waals surface area contributed by atoms with Crippen molar-refractivity contribution in [2.45, 2.75) is 25.9 Å². The fourth-order valence-electron chi connectivity index (χ4n) is 3.26. The van der Waals surface area contributed by atoms with Gasteiger partial charge in [0.2, 0.25) is 5.91 Å². The van der Waals surface area contributed by atoms with Gasteiger partial charge >= 0.3 is 0 Å². The van der Waals surface area contributed by atoms with Crippen LogP contribution in [0.15, 0.2) is 48.5 Å². The molecule has 5 nitrogen and oxygen atoms in total. The SMILES string of the molecule is CC(=O)N1CCC(Oc2ccc(-c3nc4ccccc4[nH]3)cc2)CC1. The van der Waals surface area contributed by atoms with Gasteiger partial charge in [-0.15, -0.1) is 0 Å². The van der Waals surface area contributed by atoms with Gasteiger partial charge in [-0.1, -0.05) is 12.1 Å². The standard InChI is InChI=1S/C20H21N3O2/c1-14(24)23-12-10-17(11-13-23)25-16-8-6-15(7-9-16)20-21-18-4-2-3-5-19(18)22-20/h2-9,17H,10-13H2,1H3,(H,21,22). The van der Waals surface area contributed by atoms with Crippen molar-refractivity contribution in [3.8, 4) is 17.1 Å². The number of piperidine rings is 1. The summed E-state index contributed by atoms with van der Waals surface area (Å²) >= 11 is 0. The Labute approximate surface area is 146 Å². The minimum Gasteiger partial charge on any atom is -0.490 e. The molecule has 1 saturated heterocycles. The Morgan fingerprint density at radius 3 is 2.52 bits per heavy atom. The lowest BCUT2D eigenvalue weighted by Gasteiger charge is -2.31. The van der Waals surface area contributed by atoms with Crippen molar-refractivity contribution in [2.24, 2.45) is 0 Å². The highest BCUT2D eigenvalue weighted by atomic mass is 16.5. The first-order valence-corrected chi connectivity index (χ1v) is 8.66. The van der Waals surface area contributed by atoms with E-state index in [0.717, 1.165) is 54.1 Å². The summed E-state index contributed by atoms with van der Waals surface area (Å²) in [6.07, 6.45) is 1.93. The first-order chi connectivity index (χ1) is 12.2. The Morgan fingerprint density at radius 2 is 1.84 bits per heavy atom. The Balaban J connectivity index is 1.43. The third-order valence-corrected chi connectivity index (χ3v) is 4.71. The van der Waals surface area contributed by atoms with Crippen LogP contribution in [-0.2, 0) is 4.79 Å². The molecule has 0 bridgehead atoms. The van der Waals surface area contributed by atoms with Gasteiger partial charge in [0, 0.05) is 38.4 Å². The second kappa shape index (κ2) is 6.59. The van der Waals surface area contributed by atoms with Gasteiger partial charge in [-0.2, -0.15) is 0 Å². The van der Waals surface area contributed by atoms with E-state index in [1.807, 2.05) is 53.4 Å². The lowest BCUT2D eigenvalue weighted by Crippen LogP contribution is -2.40. The molecule has 1 amide bonds. The zero-order chi connectivity index (χ0) is 17.2. The van der Waals surface area contributed by atoms with Crippen LogP contribution in [0, 0.1) is 0 Å². The molecule has 4 rings (SSSR count). The first-order valence-electron chi connectivity index (χ1n) is 8.66. The van der Waals surface area contributed by atoms with E-state index in [1.54, 1.807) is 6.92 Å². The molecule has 1 fully saturated rings. The number of fused-ring (bicyclic) bond motifs is 1. The summed E-state index contributed by atoms with van der Waals surface area (Å²) in [5, 5.41) is 0. The molecule has 25 heavy (non-hydrogen) atoms. The number of benzene rings is 2. The second-order valence-electron chi connectivity index (χ2n) is 6.45. The number of H-pyrrole nitrogens is 1. The van der Waals surface area contributed by atoms with Crippen molar-refractivity contribution in [2.75, 3.05) is 13.1 Å². The molecule has 0 radical (unpaired) electrons. The molecule has 1 N–H and O–H groups in total. The summed E-state index contributed by atoms with van der Waals surface area (Å²) in [6.45, 7) is 3.17. The Hall–Kier alpha value is -2.82. The Morgan fingerprint density at radius 1 is 1.12 bits per heavy atom. The summed E-state index contributed by atoms with van der Waals surface area (Å²) in [4.78, 5) is 21.2. The molecule has 1 aliphatic heterocycles. The van der Waals surface area contributed by atoms with E-state index in [9.17, 15) is 4.79 Å². The van der Waals surface area contributed by atoms with E-state index < -0.39 is 0 Å². The topological polar surface area (TPSA) is 58.2 Å². The fraction of sp³-hybridized carbons (Fsp3) is 0.300. The van der Waals surface area contributed by atoms with Crippen molar-refractivity contribution in [3.05, 3.63) is 48.5 Å². The number of likely N-dealkylation sites (tertiary alicyclic amines) is 1. The summed E-state index contributed by atoms with van der Waals surface area (Å²) in [6, 6.07) is 16.0. The highest BCUT2D eigenvalue weighted by Gasteiger charge is 2.21. The predicted molar refractivity (Wildman–Crippen MR) is 97.4 cm³/mol. The van der Waals surface area contributed by atoms with Crippen LogP contribution in [-0.4, -0.2) is 40.0 Å². The van der Waals surface area contributed by atoms with Crippen molar-refractivity contribution in [1.29, 1.82) is 0 Å². The van der Waals surface area contributed by atoms with Gasteiger partial charge in [0.25, 0.3) is 0 Å². The molecule has 0 atom stereocenters. The number of nitrogens with zero attached hydrogens (tertiary/aromatic N) is 2. The number of imidazole rings is 1. The molecule has 0 aliphatic carbocycles. The zero-order valence-electron chi connectivity index (χ0n) is 14.2.